The molecule has 0 radical (unpaired) electrons. The van der Waals surface area contributed by atoms with Gasteiger partial charge < -0.3 is 11.5 Å². The van der Waals surface area contributed by atoms with Crippen LogP contribution in [0.3, 0.4) is 0 Å². The van der Waals surface area contributed by atoms with E-state index in [1.165, 1.54) is 12.1 Å². The van der Waals surface area contributed by atoms with E-state index in [1.54, 1.807) is 0 Å². The molecule has 0 saturated heterocycles. The monoisotopic (exact) mass is 239 g/mol. The quantitative estimate of drug-likeness (QED) is 0.354. The summed E-state index contributed by atoms with van der Waals surface area (Å²) in [4.78, 5) is 10.1. The van der Waals surface area contributed by atoms with Gasteiger partial charge in [-0.3, -0.25) is 10.1 Å². The number of nitrogen functional groups attached to an aromatic ring is 1. The zero-order valence-corrected chi connectivity index (χ0v) is 9.12. The van der Waals surface area contributed by atoms with Gasteiger partial charge >= 0.3 is 0 Å². The Balaban J connectivity index is 3.16. The average molecular weight is 240 g/mol. The first-order valence-electron chi connectivity index (χ1n) is 4.48. The fourth-order valence-corrected chi connectivity index (χ4v) is 1.28. The van der Waals surface area contributed by atoms with E-state index in [9.17, 15) is 10.1 Å². The van der Waals surface area contributed by atoms with Crippen molar-refractivity contribution in [1.29, 1.82) is 0 Å². The van der Waals surface area contributed by atoms with Gasteiger partial charge in [0.1, 0.15) is 5.69 Å². The van der Waals surface area contributed by atoms with Crippen LogP contribution in [0.2, 0.25) is 5.02 Å². The highest BCUT2D eigenvalue weighted by Gasteiger charge is 2.14. The predicted octanol–water partition coefficient (Wildman–Crippen LogP) is 1.53. The van der Waals surface area contributed by atoms with E-state index in [1.807, 2.05) is 0 Å². The van der Waals surface area contributed by atoms with Gasteiger partial charge in [0.15, 0.2) is 0 Å². The van der Waals surface area contributed by atoms with Gasteiger partial charge in [0, 0.05) is 19.0 Å². The zero-order chi connectivity index (χ0) is 12.1. The highest BCUT2D eigenvalue weighted by Crippen LogP contribution is 2.28. The Labute approximate surface area is 97.5 Å². The molecule has 1 rings (SSSR count). The lowest BCUT2D eigenvalue weighted by molar-refractivity contribution is -0.383. The molecule has 16 heavy (non-hydrogen) atoms. The van der Waals surface area contributed by atoms with Crippen molar-refractivity contribution in [3.8, 4) is 11.8 Å². The summed E-state index contributed by atoms with van der Waals surface area (Å²) in [6.07, 6.45) is 0.508. The summed E-state index contributed by atoms with van der Waals surface area (Å²) in [5.74, 6) is 5.47. The number of nitrogens with two attached hydrogens (primary N) is 2. The van der Waals surface area contributed by atoms with Gasteiger partial charge in [-0.15, -0.1) is 0 Å². The van der Waals surface area contributed by atoms with Crippen LogP contribution in [0.25, 0.3) is 0 Å². The first-order chi connectivity index (χ1) is 7.56. The maximum absolute atomic E-state index is 10.6. The van der Waals surface area contributed by atoms with E-state index in [-0.39, 0.29) is 11.4 Å². The second-order valence-corrected chi connectivity index (χ2v) is 3.40. The van der Waals surface area contributed by atoms with Gasteiger partial charge in [0.2, 0.25) is 0 Å². The minimum Gasteiger partial charge on any atom is -0.393 e. The molecular formula is C10H10ClN3O2. The van der Waals surface area contributed by atoms with Crippen LogP contribution in [-0.2, 0) is 0 Å². The van der Waals surface area contributed by atoms with Crippen LogP contribution >= 0.6 is 11.6 Å². The van der Waals surface area contributed by atoms with E-state index < -0.39 is 4.92 Å². The minimum atomic E-state index is -0.570. The highest BCUT2D eigenvalue weighted by molar-refractivity contribution is 6.32. The first kappa shape index (κ1) is 12.3. The Morgan fingerprint density at radius 1 is 1.50 bits per heavy atom. The minimum absolute atomic E-state index is 0.0272. The zero-order valence-electron chi connectivity index (χ0n) is 8.37. The smallest absolute Gasteiger partial charge is 0.293 e. The lowest BCUT2D eigenvalue weighted by atomic mass is 10.1. The van der Waals surface area contributed by atoms with Crippen molar-refractivity contribution in [3.05, 3.63) is 32.8 Å². The molecule has 0 saturated carbocycles. The number of hydrogen-bond acceptors (Lipinski definition) is 4. The van der Waals surface area contributed by atoms with E-state index in [2.05, 4.69) is 11.8 Å². The molecule has 5 nitrogen and oxygen atoms in total. The molecule has 0 heterocycles. The van der Waals surface area contributed by atoms with Crippen LogP contribution in [0.1, 0.15) is 12.0 Å². The summed E-state index contributed by atoms with van der Waals surface area (Å²) in [5.41, 5.74) is 10.9. The van der Waals surface area contributed by atoms with E-state index in [0.29, 0.717) is 23.6 Å². The Kier molecular flexibility index (Phi) is 4.11. The van der Waals surface area contributed by atoms with Crippen LogP contribution in [0.5, 0.6) is 0 Å². The average Bonchev–Trinajstić information content (AvgIpc) is 2.21. The van der Waals surface area contributed by atoms with Crippen molar-refractivity contribution in [3.63, 3.8) is 0 Å². The van der Waals surface area contributed by atoms with Crippen LogP contribution in [0.15, 0.2) is 12.1 Å². The van der Waals surface area contributed by atoms with Crippen molar-refractivity contribution < 1.29 is 4.92 Å². The van der Waals surface area contributed by atoms with E-state index in [4.69, 9.17) is 23.1 Å². The molecule has 4 N–H and O–H groups in total. The van der Waals surface area contributed by atoms with Gasteiger partial charge in [-0.1, -0.05) is 23.4 Å². The molecular weight excluding hydrogens is 230 g/mol. The molecule has 0 aromatic heterocycles. The molecule has 84 valence electrons. The van der Waals surface area contributed by atoms with E-state index >= 15 is 0 Å². The maximum Gasteiger partial charge on any atom is 0.293 e. The molecule has 0 unspecified atom stereocenters. The second-order valence-electron chi connectivity index (χ2n) is 2.99. The molecule has 0 bridgehead atoms. The molecule has 0 aliphatic rings. The number of benzene rings is 1. The van der Waals surface area contributed by atoms with Crippen molar-refractivity contribution in [2.24, 2.45) is 5.73 Å². The fraction of sp³-hybridized carbons (Fsp3) is 0.200. The predicted molar refractivity (Wildman–Crippen MR) is 63.1 cm³/mol. The summed E-state index contributed by atoms with van der Waals surface area (Å²) in [5, 5.41) is 10.9. The Morgan fingerprint density at radius 2 is 2.19 bits per heavy atom. The number of hydrogen-bond donors (Lipinski definition) is 2. The van der Waals surface area contributed by atoms with Crippen molar-refractivity contribution in [2.45, 2.75) is 6.42 Å². The Hall–Kier alpha value is -1.77. The van der Waals surface area contributed by atoms with Crippen molar-refractivity contribution in [1.82, 2.24) is 0 Å². The fourth-order valence-electron chi connectivity index (χ4n) is 1.06. The molecule has 0 aliphatic heterocycles. The van der Waals surface area contributed by atoms with Crippen molar-refractivity contribution >= 4 is 23.0 Å². The number of rotatable bonds is 2. The molecule has 6 heteroatoms. The first-order valence-corrected chi connectivity index (χ1v) is 4.86. The van der Waals surface area contributed by atoms with E-state index in [0.717, 1.165) is 0 Å². The summed E-state index contributed by atoms with van der Waals surface area (Å²) < 4.78 is 0. The SMILES string of the molecule is NCCC#Cc1cc([N+](=O)[O-])c(N)cc1Cl. The van der Waals surface area contributed by atoms with Crippen LogP contribution in [0.4, 0.5) is 11.4 Å². The van der Waals surface area contributed by atoms with Gasteiger partial charge in [-0.25, -0.2) is 0 Å². The Morgan fingerprint density at radius 3 is 2.75 bits per heavy atom. The topological polar surface area (TPSA) is 95.2 Å². The number of anilines is 1. The summed E-state index contributed by atoms with van der Waals surface area (Å²) in [6, 6.07) is 2.59. The number of nitro benzene ring substituents is 1. The van der Waals surface area contributed by atoms with Crippen LogP contribution in [0, 0.1) is 22.0 Å². The third-order valence-electron chi connectivity index (χ3n) is 1.81. The van der Waals surface area contributed by atoms with Crippen LogP contribution < -0.4 is 11.5 Å². The molecule has 0 aliphatic carbocycles. The summed E-state index contributed by atoms with van der Waals surface area (Å²) in [7, 11) is 0. The molecule has 0 amide bonds. The number of halogens is 1. The third-order valence-corrected chi connectivity index (χ3v) is 2.12. The molecule has 0 atom stereocenters. The molecule has 0 fully saturated rings. The lowest BCUT2D eigenvalue weighted by Gasteiger charge is -2.00. The van der Waals surface area contributed by atoms with Gasteiger partial charge in [-0.05, 0) is 6.07 Å². The second kappa shape index (κ2) is 5.35. The number of nitro groups is 1. The lowest BCUT2D eigenvalue weighted by Crippen LogP contribution is -1.97. The molecule has 1 aromatic rings. The van der Waals surface area contributed by atoms with Crippen LogP contribution in [-0.4, -0.2) is 11.5 Å². The number of nitrogens with zero attached hydrogens (tertiary/aromatic N) is 1. The van der Waals surface area contributed by atoms with Gasteiger partial charge in [0.05, 0.1) is 15.5 Å². The standard InChI is InChI=1S/C10H10ClN3O2/c11-8-6-9(13)10(14(15)16)5-7(8)3-1-2-4-12/h5-6H,2,4,12-13H2. The normalized spacial score (nSPS) is 9.38. The van der Waals surface area contributed by atoms with Crippen molar-refractivity contribution in [2.75, 3.05) is 12.3 Å². The molecule has 0 spiro atoms. The summed E-state index contributed by atoms with van der Waals surface area (Å²) in [6.45, 7) is 0.432. The Bertz CT molecular complexity index is 477. The molecule has 1 aromatic carbocycles. The maximum atomic E-state index is 10.6. The highest BCUT2D eigenvalue weighted by atomic mass is 35.5. The van der Waals surface area contributed by atoms with Gasteiger partial charge in [-0.2, -0.15) is 0 Å². The third kappa shape index (κ3) is 2.86. The largest absolute Gasteiger partial charge is 0.393 e. The van der Waals surface area contributed by atoms with Gasteiger partial charge in [0.25, 0.3) is 5.69 Å². The summed E-state index contributed by atoms with van der Waals surface area (Å²) >= 11 is 5.85.